The van der Waals surface area contributed by atoms with E-state index in [0.717, 1.165) is 0 Å². The van der Waals surface area contributed by atoms with Crippen LogP contribution in [0.2, 0.25) is 0 Å². The quantitative estimate of drug-likeness (QED) is 0.506. The molecule has 112 valence electrons. The third kappa shape index (κ3) is 3.37. The number of halogens is 1. The Morgan fingerprint density at radius 3 is 2.20 bits per heavy atom. The van der Waals surface area contributed by atoms with Crippen LogP contribution in [0.4, 0.5) is 0 Å². The summed E-state index contributed by atoms with van der Waals surface area (Å²) in [6, 6.07) is 8.73. The van der Waals surface area contributed by atoms with Gasteiger partial charge in [0.1, 0.15) is 0 Å². The highest BCUT2D eigenvalue weighted by Gasteiger charge is 2.21. The van der Waals surface area contributed by atoms with E-state index >= 15 is 0 Å². The van der Waals surface area contributed by atoms with Gasteiger partial charge in [-0.25, -0.2) is 0 Å². The number of quaternary nitrogens is 1. The van der Waals surface area contributed by atoms with E-state index in [9.17, 15) is 0 Å². The molecule has 0 aliphatic heterocycles. The summed E-state index contributed by atoms with van der Waals surface area (Å²) in [4.78, 5) is 0. The first kappa shape index (κ1) is 17.5. The third-order valence-electron chi connectivity index (χ3n) is 4.85. The van der Waals surface area contributed by atoms with Crippen molar-refractivity contribution in [3.8, 4) is 0 Å². The van der Waals surface area contributed by atoms with Gasteiger partial charge in [0.25, 0.3) is 0 Å². The summed E-state index contributed by atoms with van der Waals surface area (Å²) in [6.07, 6.45) is 3.48. The summed E-state index contributed by atoms with van der Waals surface area (Å²) >= 11 is 0. The number of aromatic nitrogens is 1. The van der Waals surface area contributed by atoms with Crippen LogP contribution in [0.5, 0.6) is 0 Å². The van der Waals surface area contributed by atoms with Gasteiger partial charge in [0.2, 0.25) is 0 Å². The second-order valence-electron chi connectivity index (χ2n) is 5.55. The van der Waals surface area contributed by atoms with Crippen molar-refractivity contribution in [2.45, 2.75) is 27.2 Å². The first-order chi connectivity index (χ1) is 9.15. The van der Waals surface area contributed by atoms with Crippen molar-refractivity contribution in [3.63, 3.8) is 0 Å². The molecule has 0 N–H and O–H groups in total. The molecule has 0 unspecified atom stereocenters. The van der Waals surface area contributed by atoms with Gasteiger partial charge in [-0.1, -0.05) is 18.2 Å². The first-order valence-electron chi connectivity index (χ1n) is 7.53. The highest BCUT2D eigenvalue weighted by Crippen LogP contribution is 2.21. The van der Waals surface area contributed by atoms with Crippen LogP contribution in [0.3, 0.4) is 0 Å². The molecule has 0 aliphatic carbocycles. The zero-order valence-corrected chi connectivity index (χ0v) is 15.4. The molecule has 0 aliphatic rings. The molecule has 1 heterocycles. The van der Waals surface area contributed by atoms with E-state index in [1.807, 2.05) is 0 Å². The predicted octanol–water partition coefficient (Wildman–Crippen LogP) is 0.601. The van der Waals surface area contributed by atoms with Crippen LogP contribution >= 0.6 is 0 Å². The molecule has 0 radical (unpaired) electrons. The van der Waals surface area contributed by atoms with Gasteiger partial charge in [0, 0.05) is 30.6 Å². The first-order valence-corrected chi connectivity index (χ1v) is 7.53. The summed E-state index contributed by atoms with van der Waals surface area (Å²) in [6.45, 7) is 11.9. The fourth-order valence-electron chi connectivity index (χ4n) is 3.13. The molecule has 20 heavy (non-hydrogen) atoms. The van der Waals surface area contributed by atoms with Crippen molar-refractivity contribution in [1.29, 1.82) is 0 Å². The van der Waals surface area contributed by atoms with Gasteiger partial charge in [-0.2, -0.15) is 0 Å². The number of hydrogen-bond acceptors (Lipinski definition) is 0. The lowest BCUT2D eigenvalue weighted by Gasteiger charge is -2.35. The number of para-hydroxylation sites is 1. The molecule has 0 fully saturated rings. The summed E-state index contributed by atoms with van der Waals surface area (Å²) in [5, 5.41) is 1.42. The van der Waals surface area contributed by atoms with Crippen LogP contribution in [-0.4, -0.2) is 35.2 Å². The van der Waals surface area contributed by atoms with E-state index in [0.29, 0.717) is 0 Å². The lowest BCUT2D eigenvalue weighted by molar-refractivity contribution is -0.923. The fourth-order valence-corrected chi connectivity index (χ4v) is 3.13. The Morgan fingerprint density at radius 1 is 1.00 bits per heavy atom. The van der Waals surface area contributed by atoms with Crippen molar-refractivity contribution in [1.82, 2.24) is 4.57 Å². The largest absolute Gasteiger partial charge is 1.00 e. The maximum absolute atomic E-state index is 2.32. The predicted molar refractivity (Wildman–Crippen MR) is 83.4 cm³/mol. The molecule has 2 aromatic rings. The standard InChI is InChI=1S/C17H27N2.HI/c1-5-19(6-2,7-3)13-12-15-14-18(4)17-11-9-8-10-16(15)17;/h8-11,14H,5-7,12-13H2,1-4H3;1H/q+1;/p-1. The minimum absolute atomic E-state index is 0. The zero-order chi connectivity index (χ0) is 13.9. The van der Waals surface area contributed by atoms with Crippen molar-refractivity contribution in [2.24, 2.45) is 7.05 Å². The van der Waals surface area contributed by atoms with Gasteiger partial charge < -0.3 is 33.0 Å². The summed E-state index contributed by atoms with van der Waals surface area (Å²) in [5.41, 5.74) is 2.84. The van der Waals surface area contributed by atoms with Gasteiger partial charge in [0.05, 0.1) is 26.2 Å². The molecule has 0 amide bonds. The van der Waals surface area contributed by atoms with Gasteiger partial charge in [-0.05, 0) is 32.4 Å². The van der Waals surface area contributed by atoms with Crippen molar-refractivity contribution >= 4 is 10.9 Å². The molecule has 0 saturated heterocycles. The van der Waals surface area contributed by atoms with Gasteiger partial charge in [0.15, 0.2) is 0 Å². The molecule has 2 nitrogen and oxygen atoms in total. The SMILES string of the molecule is CC[N+](CC)(CC)CCc1cn(C)c2ccccc12.[I-]. The highest BCUT2D eigenvalue weighted by molar-refractivity contribution is 5.83. The van der Waals surface area contributed by atoms with E-state index in [2.05, 4.69) is 62.8 Å². The zero-order valence-electron chi connectivity index (χ0n) is 13.2. The van der Waals surface area contributed by atoms with Crippen LogP contribution in [-0.2, 0) is 13.5 Å². The Morgan fingerprint density at radius 2 is 1.60 bits per heavy atom. The normalized spacial score (nSPS) is 11.6. The number of nitrogens with zero attached hydrogens (tertiary/aromatic N) is 2. The number of rotatable bonds is 6. The third-order valence-corrected chi connectivity index (χ3v) is 4.85. The summed E-state index contributed by atoms with van der Waals surface area (Å²) < 4.78 is 3.48. The molecule has 0 bridgehead atoms. The van der Waals surface area contributed by atoms with Crippen LogP contribution in [0.25, 0.3) is 10.9 Å². The molecule has 1 aromatic heterocycles. The second kappa shape index (κ2) is 7.46. The molecule has 2 rings (SSSR count). The van der Waals surface area contributed by atoms with Crippen LogP contribution < -0.4 is 24.0 Å². The van der Waals surface area contributed by atoms with Crippen LogP contribution in [0.15, 0.2) is 30.5 Å². The minimum Gasteiger partial charge on any atom is -1.00 e. The summed E-state index contributed by atoms with van der Waals surface area (Å²) in [7, 11) is 2.15. The average Bonchev–Trinajstić information content (AvgIpc) is 2.78. The van der Waals surface area contributed by atoms with E-state index in [-0.39, 0.29) is 24.0 Å². The Hall–Kier alpha value is -0.550. The van der Waals surface area contributed by atoms with Crippen LogP contribution in [0, 0.1) is 0 Å². The Labute approximate surface area is 140 Å². The maximum Gasteiger partial charge on any atom is 0.0828 e. The summed E-state index contributed by atoms with van der Waals surface area (Å²) in [5.74, 6) is 0. The second-order valence-corrected chi connectivity index (χ2v) is 5.55. The van der Waals surface area contributed by atoms with Crippen LogP contribution in [0.1, 0.15) is 26.3 Å². The van der Waals surface area contributed by atoms with E-state index in [1.54, 1.807) is 0 Å². The smallest absolute Gasteiger partial charge is 0.0828 e. The highest BCUT2D eigenvalue weighted by atomic mass is 127. The van der Waals surface area contributed by atoms with Crippen molar-refractivity contribution < 1.29 is 28.5 Å². The van der Waals surface area contributed by atoms with Gasteiger partial charge in [-0.3, -0.25) is 0 Å². The molecule has 0 saturated carbocycles. The van der Waals surface area contributed by atoms with E-state index in [4.69, 9.17) is 0 Å². The monoisotopic (exact) mass is 386 g/mol. The number of aryl methyl sites for hydroxylation is 1. The van der Waals surface area contributed by atoms with Gasteiger partial charge >= 0.3 is 0 Å². The molecular weight excluding hydrogens is 359 g/mol. The Bertz CT molecular complexity index is 533. The Kier molecular flexibility index (Phi) is 6.52. The molecule has 1 aromatic carbocycles. The lowest BCUT2D eigenvalue weighted by atomic mass is 10.1. The maximum atomic E-state index is 2.32. The van der Waals surface area contributed by atoms with E-state index < -0.39 is 0 Å². The number of likely N-dealkylation sites (N-methyl/N-ethyl adjacent to an activating group) is 1. The number of hydrogen-bond donors (Lipinski definition) is 0. The average molecular weight is 386 g/mol. The molecule has 3 heteroatoms. The number of fused-ring (bicyclic) bond motifs is 1. The van der Waals surface area contributed by atoms with Crippen molar-refractivity contribution in [2.75, 3.05) is 26.2 Å². The number of benzene rings is 1. The molecular formula is C17H27IN2. The molecule has 0 atom stereocenters. The Balaban J connectivity index is 0.00000200. The van der Waals surface area contributed by atoms with Crippen molar-refractivity contribution in [3.05, 3.63) is 36.0 Å². The fraction of sp³-hybridized carbons (Fsp3) is 0.529. The van der Waals surface area contributed by atoms with E-state index in [1.165, 1.54) is 53.5 Å². The molecule has 0 spiro atoms. The minimum atomic E-state index is 0. The van der Waals surface area contributed by atoms with Gasteiger partial charge in [-0.15, -0.1) is 0 Å². The lowest BCUT2D eigenvalue weighted by Crippen LogP contribution is -3.00. The topological polar surface area (TPSA) is 4.93 Å².